The normalized spacial score (nSPS) is 18.2. The van der Waals surface area contributed by atoms with Crippen LogP contribution >= 0.6 is 11.6 Å². The minimum Gasteiger partial charge on any atom is -0.470 e. The van der Waals surface area contributed by atoms with Gasteiger partial charge in [-0.1, -0.05) is 11.6 Å². The van der Waals surface area contributed by atoms with Gasteiger partial charge in [-0.25, -0.2) is 9.97 Å². The summed E-state index contributed by atoms with van der Waals surface area (Å²) < 4.78 is 8.18. The Bertz CT molecular complexity index is 1530. The van der Waals surface area contributed by atoms with Crippen LogP contribution in [0.4, 0.5) is 0 Å². The molecule has 1 aromatic carbocycles. The summed E-state index contributed by atoms with van der Waals surface area (Å²) in [7, 11) is 0. The highest BCUT2D eigenvalue weighted by Crippen LogP contribution is 2.41. The third-order valence-electron chi connectivity index (χ3n) is 7.38. The van der Waals surface area contributed by atoms with Crippen LogP contribution in [-0.4, -0.2) is 65.7 Å². The van der Waals surface area contributed by atoms with Crippen molar-refractivity contribution in [3.05, 3.63) is 64.7 Å². The van der Waals surface area contributed by atoms with Gasteiger partial charge in [0.2, 0.25) is 5.88 Å². The van der Waals surface area contributed by atoms with Gasteiger partial charge in [-0.05, 0) is 69.0 Å². The molecule has 1 aliphatic carbocycles. The van der Waals surface area contributed by atoms with Gasteiger partial charge in [0.05, 0.1) is 17.3 Å². The molecule has 196 valence electrons. The molecular formula is C28H29ClN6O3. The highest BCUT2D eigenvalue weighted by Gasteiger charge is 2.41. The number of aryl methyl sites for hydroxylation is 1. The Morgan fingerprint density at radius 1 is 1.21 bits per heavy atom. The molecule has 9 nitrogen and oxygen atoms in total. The number of hydrogen-bond donors (Lipinski definition) is 1. The van der Waals surface area contributed by atoms with E-state index >= 15 is 0 Å². The van der Waals surface area contributed by atoms with Crippen molar-refractivity contribution in [3.63, 3.8) is 0 Å². The molecule has 4 heterocycles. The van der Waals surface area contributed by atoms with Crippen molar-refractivity contribution in [2.75, 3.05) is 19.7 Å². The molecule has 2 fully saturated rings. The van der Waals surface area contributed by atoms with Gasteiger partial charge >= 0.3 is 0 Å². The average molecular weight is 533 g/mol. The lowest BCUT2D eigenvalue weighted by Crippen LogP contribution is -2.29. The van der Waals surface area contributed by atoms with Crippen molar-refractivity contribution < 1.29 is 14.6 Å². The number of aliphatic hydroxyl groups excluding tert-OH is 1. The monoisotopic (exact) mass is 532 g/mol. The van der Waals surface area contributed by atoms with Crippen LogP contribution in [0.2, 0.25) is 5.02 Å². The number of carbonyl (C=O) groups is 1. The summed E-state index contributed by atoms with van der Waals surface area (Å²) in [5.74, 6) is 1.08. The Kier molecular flexibility index (Phi) is 6.28. The standard InChI is InChI=1S/C28H29ClN6O3/c1-17-5-9-30-20(11-17)14-35-24(33-23-25(35)31-16-32-26(23)38-28(2)7-8-28)21-4-3-19(12-22(21)29)27(37)34-10-6-18(13-34)15-36/h3-5,9,11-12,16,18,36H,6-8,10,13-15H2,1-2H3/t18-/m1/s1. The molecule has 2 aliphatic rings. The van der Waals surface area contributed by atoms with Gasteiger partial charge in [-0.2, -0.15) is 4.98 Å². The number of imidazole rings is 1. The van der Waals surface area contributed by atoms with E-state index in [-0.39, 0.29) is 24.0 Å². The molecule has 1 aliphatic heterocycles. The Morgan fingerprint density at radius 3 is 2.76 bits per heavy atom. The summed E-state index contributed by atoms with van der Waals surface area (Å²) in [6.45, 7) is 5.78. The number of hydrogen-bond acceptors (Lipinski definition) is 7. The number of nitrogens with zero attached hydrogens (tertiary/aromatic N) is 6. The molecule has 0 spiro atoms. The lowest BCUT2D eigenvalue weighted by molar-refractivity contribution is 0.0782. The van der Waals surface area contributed by atoms with Crippen LogP contribution in [-0.2, 0) is 6.54 Å². The quantitative estimate of drug-likeness (QED) is 0.378. The van der Waals surface area contributed by atoms with E-state index in [1.165, 1.54) is 6.33 Å². The lowest BCUT2D eigenvalue weighted by atomic mass is 10.1. The van der Waals surface area contributed by atoms with E-state index in [9.17, 15) is 9.90 Å². The Morgan fingerprint density at radius 2 is 2.05 bits per heavy atom. The number of pyridine rings is 1. The topological polar surface area (TPSA) is 106 Å². The maximum atomic E-state index is 13.1. The van der Waals surface area contributed by atoms with E-state index in [0.29, 0.717) is 58.7 Å². The summed E-state index contributed by atoms with van der Waals surface area (Å²) >= 11 is 6.81. The highest BCUT2D eigenvalue weighted by molar-refractivity contribution is 6.33. The van der Waals surface area contributed by atoms with Crippen molar-refractivity contribution in [2.45, 2.75) is 45.3 Å². The minimum absolute atomic E-state index is 0.0865. The number of rotatable bonds is 7. The van der Waals surface area contributed by atoms with Gasteiger partial charge < -0.3 is 19.3 Å². The maximum Gasteiger partial charge on any atom is 0.253 e. The molecule has 38 heavy (non-hydrogen) atoms. The first-order valence-corrected chi connectivity index (χ1v) is 13.2. The molecule has 1 amide bonds. The number of likely N-dealkylation sites (tertiary alicyclic amines) is 1. The molecule has 0 bridgehead atoms. The molecule has 0 unspecified atom stereocenters. The zero-order valence-electron chi connectivity index (χ0n) is 21.4. The van der Waals surface area contributed by atoms with Gasteiger partial charge in [-0.15, -0.1) is 0 Å². The summed E-state index contributed by atoms with van der Waals surface area (Å²) in [4.78, 5) is 33.3. The van der Waals surface area contributed by atoms with E-state index in [1.54, 1.807) is 23.2 Å². The van der Waals surface area contributed by atoms with Crippen LogP contribution < -0.4 is 4.74 Å². The van der Waals surface area contributed by atoms with Crippen molar-refractivity contribution in [1.29, 1.82) is 0 Å². The van der Waals surface area contributed by atoms with Crippen molar-refractivity contribution >= 4 is 28.7 Å². The predicted molar refractivity (Wildman–Crippen MR) is 143 cm³/mol. The summed E-state index contributed by atoms with van der Waals surface area (Å²) in [6.07, 6.45) is 6.02. The van der Waals surface area contributed by atoms with Crippen molar-refractivity contribution in [3.8, 4) is 17.3 Å². The number of aliphatic hydroxyl groups is 1. The second-order valence-electron chi connectivity index (χ2n) is 10.5. The van der Waals surface area contributed by atoms with Gasteiger partial charge in [0.1, 0.15) is 17.8 Å². The number of halogens is 1. The molecule has 1 saturated heterocycles. The van der Waals surface area contributed by atoms with Crippen LogP contribution in [0.25, 0.3) is 22.6 Å². The zero-order valence-corrected chi connectivity index (χ0v) is 22.1. The minimum atomic E-state index is -0.229. The highest BCUT2D eigenvalue weighted by atomic mass is 35.5. The second kappa shape index (κ2) is 9.63. The van der Waals surface area contributed by atoms with Gasteiger partial charge in [-0.3, -0.25) is 9.78 Å². The molecule has 4 aromatic rings. The SMILES string of the molecule is Cc1ccnc(Cn2c(-c3ccc(C(=O)N4CC[C@@H](CO)C4)cc3Cl)nc3c(OC4(C)CC4)ncnc32)c1. The van der Waals surface area contributed by atoms with E-state index in [4.69, 9.17) is 21.3 Å². The van der Waals surface area contributed by atoms with Crippen molar-refractivity contribution in [1.82, 2.24) is 29.4 Å². The van der Waals surface area contributed by atoms with E-state index < -0.39 is 0 Å². The number of carbonyl (C=O) groups excluding carboxylic acids is 1. The third-order valence-corrected chi connectivity index (χ3v) is 7.69. The Balaban J connectivity index is 1.41. The van der Waals surface area contributed by atoms with Gasteiger partial charge in [0, 0.05) is 42.9 Å². The molecule has 1 saturated carbocycles. The Labute approximate surface area is 225 Å². The number of aromatic nitrogens is 5. The fraction of sp³-hybridized carbons (Fsp3) is 0.393. The zero-order chi connectivity index (χ0) is 26.4. The average Bonchev–Trinajstić information content (AvgIpc) is 3.28. The molecule has 10 heteroatoms. The number of benzene rings is 1. The van der Waals surface area contributed by atoms with E-state index in [0.717, 1.165) is 30.5 Å². The fourth-order valence-electron chi connectivity index (χ4n) is 4.88. The summed E-state index contributed by atoms with van der Waals surface area (Å²) in [5, 5.41) is 9.85. The number of ether oxygens (including phenoxy) is 1. The van der Waals surface area contributed by atoms with E-state index in [2.05, 4.69) is 21.9 Å². The summed E-state index contributed by atoms with van der Waals surface area (Å²) in [6, 6.07) is 9.27. The molecule has 6 rings (SSSR count). The number of fused-ring (bicyclic) bond motifs is 1. The molecule has 1 N–H and O–H groups in total. The molecule has 1 atom stereocenters. The first-order valence-electron chi connectivity index (χ1n) is 12.9. The first-order chi connectivity index (χ1) is 18.3. The second-order valence-corrected chi connectivity index (χ2v) is 10.9. The molecule has 0 radical (unpaired) electrons. The van der Waals surface area contributed by atoms with E-state index in [1.807, 2.05) is 29.7 Å². The van der Waals surface area contributed by atoms with Crippen LogP contribution in [0, 0.1) is 12.8 Å². The van der Waals surface area contributed by atoms with Gasteiger partial charge in [0.25, 0.3) is 5.91 Å². The largest absolute Gasteiger partial charge is 0.470 e. The lowest BCUT2D eigenvalue weighted by Gasteiger charge is -2.17. The first kappa shape index (κ1) is 24.8. The predicted octanol–water partition coefficient (Wildman–Crippen LogP) is 4.28. The van der Waals surface area contributed by atoms with Gasteiger partial charge in [0.15, 0.2) is 11.2 Å². The molecular weight excluding hydrogens is 504 g/mol. The third kappa shape index (κ3) is 4.72. The fourth-order valence-corrected chi connectivity index (χ4v) is 5.15. The maximum absolute atomic E-state index is 13.1. The number of amides is 1. The van der Waals surface area contributed by atoms with Crippen molar-refractivity contribution in [2.24, 2.45) is 5.92 Å². The smallest absolute Gasteiger partial charge is 0.253 e. The van der Waals surface area contributed by atoms with Crippen LogP contribution in [0.5, 0.6) is 5.88 Å². The van der Waals surface area contributed by atoms with Crippen LogP contribution in [0.15, 0.2) is 42.9 Å². The molecule has 3 aromatic heterocycles. The van der Waals surface area contributed by atoms with Crippen LogP contribution in [0.1, 0.15) is 47.8 Å². The Hall–Kier alpha value is -3.56. The van der Waals surface area contributed by atoms with Crippen LogP contribution in [0.3, 0.4) is 0 Å². The summed E-state index contributed by atoms with van der Waals surface area (Å²) in [5.41, 5.74) is 4.10.